The van der Waals surface area contributed by atoms with Crippen molar-refractivity contribution in [2.75, 3.05) is 20.8 Å². The van der Waals surface area contributed by atoms with Crippen molar-refractivity contribution in [1.82, 2.24) is 0 Å². The van der Waals surface area contributed by atoms with Gasteiger partial charge in [-0.05, 0) is 47.9 Å². The summed E-state index contributed by atoms with van der Waals surface area (Å²) in [5.41, 5.74) is 2.70. The van der Waals surface area contributed by atoms with Crippen LogP contribution >= 0.6 is 0 Å². The second-order valence-electron chi connectivity index (χ2n) is 7.52. The summed E-state index contributed by atoms with van der Waals surface area (Å²) in [5.74, 6) is 1.15. The molecule has 0 aliphatic rings. The minimum absolute atomic E-state index is 0.143. The summed E-state index contributed by atoms with van der Waals surface area (Å²) in [7, 11) is 3.23. The lowest BCUT2D eigenvalue weighted by molar-refractivity contribution is -0.140. The van der Waals surface area contributed by atoms with Crippen molar-refractivity contribution >= 4 is 12.3 Å². The Morgan fingerprint density at radius 1 is 0.848 bits per heavy atom. The fourth-order valence-corrected chi connectivity index (χ4v) is 3.04. The predicted molar refractivity (Wildman–Crippen MR) is 124 cm³/mol. The quantitative estimate of drug-likeness (QED) is 0.239. The van der Waals surface area contributed by atoms with Crippen LogP contribution in [0.2, 0.25) is 0 Å². The van der Waals surface area contributed by atoms with Crippen molar-refractivity contribution in [2.45, 2.75) is 45.7 Å². The lowest BCUT2D eigenvalue weighted by atomic mass is 10.1. The van der Waals surface area contributed by atoms with E-state index in [0.29, 0.717) is 13.2 Å². The van der Waals surface area contributed by atoms with E-state index in [1.165, 1.54) is 6.92 Å². The molecule has 0 aliphatic heterocycles. The van der Waals surface area contributed by atoms with Gasteiger partial charge in [0.25, 0.3) is 0 Å². The Kier molecular flexibility index (Phi) is 11.1. The smallest absolute Gasteiger partial charge is 0.302 e. The van der Waals surface area contributed by atoms with Crippen molar-refractivity contribution in [3.63, 3.8) is 0 Å². The molecule has 33 heavy (non-hydrogen) atoms. The van der Waals surface area contributed by atoms with E-state index >= 15 is 0 Å². The molecule has 0 saturated carbocycles. The zero-order chi connectivity index (χ0) is 24.1. The minimum Gasteiger partial charge on any atom is -0.497 e. The van der Waals surface area contributed by atoms with E-state index in [-0.39, 0.29) is 19.0 Å². The molecular formula is C26H32O7. The largest absolute Gasteiger partial charge is 0.497 e. The van der Waals surface area contributed by atoms with Gasteiger partial charge in [0.05, 0.1) is 33.5 Å². The van der Waals surface area contributed by atoms with Crippen LogP contribution in [0.3, 0.4) is 0 Å². The Labute approximate surface area is 195 Å². The molecule has 0 unspecified atom stereocenters. The summed E-state index contributed by atoms with van der Waals surface area (Å²) in [6, 6.07) is 15.1. The monoisotopic (exact) mass is 456 g/mol. The van der Waals surface area contributed by atoms with Crippen molar-refractivity contribution in [1.29, 1.82) is 0 Å². The van der Waals surface area contributed by atoms with E-state index in [1.54, 1.807) is 14.2 Å². The molecule has 0 fully saturated rings. The third-order valence-corrected chi connectivity index (χ3v) is 4.87. The van der Waals surface area contributed by atoms with Gasteiger partial charge in [-0.1, -0.05) is 30.3 Å². The van der Waals surface area contributed by atoms with Crippen LogP contribution in [-0.4, -0.2) is 45.3 Å². The van der Waals surface area contributed by atoms with Gasteiger partial charge in [-0.2, -0.15) is 0 Å². The van der Waals surface area contributed by atoms with Crippen LogP contribution in [0.5, 0.6) is 11.5 Å². The van der Waals surface area contributed by atoms with Gasteiger partial charge in [-0.3, -0.25) is 4.79 Å². The van der Waals surface area contributed by atoms with Gasteiger partial charge in [0.1, 0.15) is 30.5 Å². The highest BCUT2D eigenvalue weighted by molar-refractivity contribution is 5.66. The van der Waals surface area contributed by atoms with Gasteiger partial charge < -0.3 is 28.5 Å². The Bertz CT molecular complexity index is 888. The summed E-state index contributed by atoms with van der Waals surface area (Å²) in [6.07, 6.45) is 1.77. The maximum absolute atomic E-state index is 11.4. The molecule has 178 valence electrons. The highest BCUT2D eigenvalue weighted by Crippen LogP contribution is 2.19. The van der Waals surface area contributed by atoms with Crippen LogP contribution in [0.25, 0.3) is 0 Å². The number of carbonyl (C=O) groups is 2. The highest BCUT2D eigenvalue weighted by atomic mass is 16.5. The van der Waals surface area contributed by atoms with Crippen LogP contribution in [0.15, 0.2) is 60.2 Å². The molecular weight excluding hydrogens is 424 g/mol. The van der Waals surface area contributed by atoms with Crippen LogP contribution in [0.1, 0.15) is 31.4 Å². The Morgan fingerprint density at radius 3 is 1.82 bits per heavy atom. The summed E-state index contributed by atoms with van der Waals surface area (Å²) in [5, 5.41) is 0. The topological polar surface area (TPSA) is 80.3 Å². The maximum atomic E-state index is 11.4. The highest BCUT2D eigenvalue weighted by Gasteiger charge is 2.22. The molecule has 0 aliphatic carbocycles. The number of carbonyl (C=O) groups excluding carboxylic acids is 2. The average molecular weight is 457 g/mol. The third-order valence-electron chi connectivity index (χ3n) is 4.87. The molecule has 0 bridgehead atoms. The molecule has 0 heterocycles. The zero-order valence-electron chi connectivity index (χ0n) is 19.6. The van der Waals surface area contributed by atoms with Gasteiger partial charge in [0.2, 0.25) is 0 Å². The Morgan fingerprint density at radius 2 is 1.36 bits per heavy atom. The van der Waals surface area contributed by atoms with Crippen LogP contribution < -0.4 is 9.47 Å². The second kappa shape index (κ2) is 14.1. The number of rotatable bonds is 14. The summed E-state index contributed by atoms with van der Waals surface area (Å²) < 4.78 is 27.7. The first-order chi connectivity index (χ1) is 15.9. The molecule has 0 saturated heterocycles. The van der Waals surface area contributed by atoms with Gasteiger partial charge in [-0.15, -0.1) is 0 Å². The fraction of sp³-hybridized carbons (Fsp3) is 0.385. The van der Waals surface area contributed by atoms with Crippen LogP contribution in [0.4, 0.5) is 0 Å². The molecule has 0 aromatic heterocycles. The first-order valence-electron chi connectivity index (χ1n) is 10.7. The van der Waals surface area contributed by atoms with Gasteiger partial charge in [0, 0.05) is 13.3 Å². The Hall–Kier alpha value is -3.16. The summed E-state index contributed by atoms with van der Waals surface area (Å²) in [4.78, 5) is 22.6. The molecule has 2 aromatic rings. The number of hydrogen-bond donors (Lipinski definition) is 0. The standard InChI is InChI=1S/C26H32O7/c1-19(16-31-20(2)28)15-26(33-18-22-7-11-24(30-4)12-8-22)25(13-14-27)32-17-21-5-9-23(29-3)10-6-21/h5-12,14-15,25-26H,13,16-18H2,1-4H3/b19-15-/t25-,26-/m1/s1. The van der Waals surface area contributed by atoms with Crippen molar-refractivity contribution < 1.29 is 33.3 Å². The van der Waals surface area contributed by atoms with Gasteiger partial charge >= 0.3 is 5.97 Å². The molecule has 0 radical (unpaired) electrons. The molecule has 2 aromatic carbocycles. The molecule has 0 amide bonds. The lowest BCUT2D eigenvalue weighted by Crippen LogP contribution is -2.31. The number of methoxy groups -OCH3 is 2. The maximum Gasteiger partial charge on any atom is 0.302 e. The number of aldehydes is 1. The van der Waals surface area contributed by atoms with E-state index in [0.717, 1.165) is 34.5 Å². The second-order valence-corrected chi connectivity index (χ2v) is 7.52. The summed E-state index contributed by atoms with van der Waals surface area (Å²) >= 11 is 0. The SMILES string of the molecule is COc1ccc(CO[C@H](/C=C(/C)COC(C)=O)[C@@H](CC=O)OCc2ccc(OC)cc2)cc1. The minimum atomic E-state index is -0.522. The normalized spacial score (nSPS) is 13.2. The van der Waals surface area contributed by atoms with Crippen molar-refractivity contribution in [3.05, 3.63) is 71.3 Å². The molecule has 7 heteroatoms. The van der Waals surface area contributed by atoms with E-state index < -0.39 is 12.2 Å². The van der Waals surface area contributed by atoms with E-state index in [1.807, 2.05) is 61.5 Å². The molecule has 2 rings (SSSR count). The summed E-state index contributed by atoms with van der Waals surface area (Å²) in [6.45, 7) is 3.96. The van der Waals surface area contributed by atoms with Gasteiger partial charge in [-0.25, -0.2) is 0 Å². The van der Waals surface area contributed by atoms with Gasteiger partial charge in [0.15, 0.2) is 0 Å². The number of ether oxygens (including phenoxy) is 5. The molecule has 0 spiro atoms. The zero-order valence-corrected chi connectivity index (χ0v) is 19.6. The van der Waals surface area contributed by atoms with Crippen molar-refractivity contribution in [2.24, 2.45) is 0 Å². The van der Waals surface area contributed by atoms with Crippen LogP contribution in [0, 0.1) is 0 Å². The predicted octanol–water partition coefficient (Wildman–Crippen LogP) is 4.27. The fourth-order valence-electron chi connectivity index (χ4n) is 3.04. The average Bonchev–Trinajstić information content (AvgIpc) is 2.83. The Balaban J connectivity index is 2.14. The van der Waals surface area contributed by atoms with E-state index in [2.05, 4.69) is 0 Å². The van der Waals surface area contributed by atoms with Crippen molar-refractivity contribution in [3.8, 4) is 11.5 Å². The molecule has 7 nitrogen and oxygen atoms in total. The van der Waals surface area contributed by atoms with Crippen LogP contribution in [-0.2, 0) is 37.0 Å². The first kappa shape index (κ1) is 26.1. The van der Waals surface area contributed by atoms with E-state index in [4.69, 9.17) is 23.7 Å². The third kappa shape index (κ3) is 9.47. The van der Waals surface area contributed by atoms with E-state index in [9.17, 15) is 9.59 Å². The first-order valence-corrected chi connectivity index (χ1v) is 10.7. The molecule has 2 atom stereocenters. The number of esters is 1. The number of hydrogen-bond acceptors (Lipinski definition) is 7. The lowest BCUT2D eigenvalue weighted by Gasteiger charge is -2.25. The molecule has 0 N–H and O–H groups in total. The number of benzene rings is 2.